The second kappa shape index (κ2) is 10.6. The average Bonchev–Trinajstić information content (AvgIpc) is 2.73. The topological polar surface area (TPSA) is 49.4 Å². The number of benzene rings is 2. The first-order valence-electron chi connectivity index (χ1n) is 10.4. The second-order valence-corrected chi connectivity index (χ2v) is 8.75. The Morgan fingerprint density at radius 3 is 2.41 bits per heavy atom. The van der Waals surface area contributed by atoms with E-state index >= 15 is 0 Å². The number of nitrogens with zero attached hydrogens (tertiary/aromatic N) is 1. The Kier molecular flexibility index (Phi) is 7.87. The van der Waals surface area contributed by atoms with Gasteiger partial charge in [-0.05, 0) is 43.0 Å². The minimum absolute atomic E-state index is 0.0394. The fourth-order valence-corrected chi connectivity index (χ4v) is 4.30. The van der Waals surface area contributed by atoms with Gasteiger partial charge in [-0.15, -0.1) is 0 Å². The molecule has 1 N–H and O–H groups in total. The summed E-state index contributed by atoms with van der Waals surface area (Å²) in [5, 5.41) is 3.17. The maximum atomic E-state index is 13.2. The van der Waals surface area contributed by atoms with Gasteiger partial charge in [0.05, 0.1) is 6.42 Å². The number of hydrogen-bond acceptors (Lipinski definition) is 2. The Bertz CT molecular complexity index is 819. The first kappa shape index (κ1) is 21.6. The smallest absolute Gasteiger partial charge is 0.242 e. The number of carbonyl (C=O) groups excluding carboxylic acids is 2. The summed E-state index contributed by atoms with van der Waals surface area (Å²) in [7, 11) is 0. The lowest BCUT2D eigenvalue weighted by Crippen LogP contribution is -2.50. The monoisotopic (exact) mass is 456 g/mol. The highest BCUT2D eigenvalue weighted by molar-refractivity contribution is 9.10. The third-order valence-electron chi connectivity index (χ3n) is 5.56. The van der Waals surface area contributed by atoms with Gasteiger partial charge in [0.1, 0.15) is 6.04 Å². The van der Waals surface area contributed by atoms with Crippen molar-refractivity contribution in [3.63, 3.8) is 0 Å². The highest BCUT2D eigenvalue weighted by atomic mass is 79.9. The van der Waals surface area contributed by atoms with Crippen molar-refractivity contribution in [2.75, 3.05) is 0 Å². The summed E-state index contributed by atoms with van der Waals surface area (Å²) < 4.78 is 0.963. The molecular weight excluding hydrogens is 428 g/mol. The maximum Gasteiger partial charge on any atom is 0.242 e. The van der Waals surface area contributed by atoms with E-state index in [1.807, 2.05) is 61.5 Å². The van der Waals surface area contributed by atoms with Crippen LogP contribution < -0.4 is 5.32 Å². The zero-order valence-electron chi connectivity index (χ0n) is 16.9. The largest absolute Gasteiger partial charge is 0.352 e. The molecule has 3 rings (SSSR count). The number of carbonyl (C=O) groups is 2. The van der Waals surface area contributed by atoms with E-state index in [0.29, 0.717) is 6.54 Å². The lowest BCUT2D eigenvalue weighted by Gasteiger charge is -2.31. The highest BCUT2D eigenvalue weighted by Gasteiger charge is 2.28. The van der Waals surface area contributed by atoms with Crippen molar-refractivity contribution < 1.29 is 9.59 Å². The molecule has 0 aliphatic heterocycles. The summed E-state index contributed by atoms with van der Waals surface area (Å²) in [6, 6.07) is 17.3. The standard InChI is InChI=1S/C24H29BrN2O2/c1-18(24(29)26-22-13-6-3-7-14-22)27(17-20-11-8-12-21(25)15-20)23(28)16-19-9-4-2-5-10-19/h2,4-5,8-12,15,18,22H,3,6-7,13-14,16-17H2,1H3,(H,26,29)/t18-/m0/s1. The predicted molar refractivity (Wildman–Crippen MR) is 119 cm³/mol. The van der Waals surface area contributed by atoms with E-state index in [9.17, 15) is 9.59 Å². The number of halogens is 1. The molecule has 0 saturated heterocycles. The van der Waals surface area contributed by atoms with Crippen molar-refractivity contribution in [1.82, 2.24) is 10.2 Å². The van der Waals surface area contributed by atoms with E-state index in [4.69, 9.17) is 0 Å². The van der Waals surface area contributed by atoms with Crippen molar-refractivity contribution in [3.05, 3.63) is 70.2 Å². The molecule has 1 atom stereocenters. The molecule has 0 aromatic heterocycles. The Labute approximate surface area is 181 Å². The van der Waals surface area contributed by atoms with Gasteiger partial charge in [0.2, 0.25) is 11.8 Å². The Morgan fingerprint density at radius 1 is 1.03 bits per heavy atom. The highest BCUT2D eigenvalue weighted by Crippen LogP contribution is 2.19. The minimum Gasteiger partial charge on any atom is -0.352 e. The zero-order valence-corrected chi connectivity index (χ0v) is 18.5. The van der Waals surface area contributed by atoms with E-state index in [2.05, 4.69) is 21.2 Å². The van der Waals surface area contributed by atoms with E-state index in [0.717, 1.165) is 41.3 Å². The first-order chi connectivity index (χ1) is 14.0. The van der Waals surface area contributed by atoms with Gasteiger partial charge >= 0.3 is 0 Å². The minimum atomic E-state index is -0.521. The summed E-state index contributed by atoms with van der Waals surface area (Å²) in [5.41, 5.74) is 1.95. The molecule has 2 amide bonds. The average molecular weight is 457 g/mol. The molecule has 0 unspecified atom stereocenters. The first-order valence-corrected chi connectivity index (χ1v) is 11.2. The Morgan fingerprint density at radius 2 is 1.72 bits per heavy atom. The van der Waals surface area contributed by atoms with Crippen LogP contribution in [0.15, 0.2) is 59.1 Å². The van der Waals surface area contributed by atoms with Crippen LogP contribution in [0.3, 0.4) is 0 Å². The van der Waals surface area contributed by atoms with Gasteiger partial charge in [0, 0.05) is 17.1 Å². The van der Waals surface area contributed by atoms with Crippen LogP contribution in [0.2, 0.25) is 0 Å². The summed E-state index contributed by atoms with van der Waals surface area (Å²) in [4.78, 5) is 27.8. The Balaban J connectivity index is 1.74. The van der Waals surface area contributed by atoms with Crippen LogP contribution >= 0.6 is 15.9 Å². The van der Waals surface area contributed by atoms with E-state index in [1.165, 1.54) is 6.42 Å². The quantitative estimate of drug-likeness (QED) is 0.646. The summed E-state index contributed by atoms with van der Waals surface area (Å²) in [6.45, 7) is 2.24. The summed E-state index contributed by atoms with van der Waals surface area (Å²) in [5.74, 6) is -0.101. The van der Waals surface area contributed by atoms with Crippen LogP contribution in [-0.2, 0) is 22.6 Å². The van der Waals surface area contributed by atoms with Gasteiger partial charge in [-0.2, -0.15) is 0 Å². The van der Waals surface area contributed by atoms with Crippen LogP contribution in [0, 0.1) is 0 Å². The lowest BCUT2D eigenvalue weighted by atomic mass is 9.95. The molecule has 1 aliphatic carbocycles. The molecule has 29 heavy (non-hydrogen) atoms. The Hall–Kier alpha value is -2.14. The normalized spacial score (nSPS) is 15.5. The van der Waals surface area contributed by atoms with Crippen molar-refractivity contribution in [2.24, 2.45) is 0 Å². The molecule has 5 heteroatoms. The number of hydrogen-bond donors (Lipinski definition) is 1. The van der Waals surface area contributed by atoms with Crippen LogP contribution in [0.1, 0.15) is 50.2 Å². The molecule has 0 spiro atoms. The number of nitrogens with one attached hydrogen (secondary N) is 1. The van der Waals surface area contributed by atoms with Crippen molar-refractivity contribution >= 4 is 27.7 Å². The number of amides is 2. The molecular formula is C24H29BrN2O2. The van der Waals surface area contributed by atoms with Crippen molar-refractivity contribution in [3.8, 4) is 0 Å². The molecule has 154 valence electrons. The fraction of sp³-hybridized carbons (Fsp3) is 0.417. The second-order valence-electron chi connectivity index (χ2n) is 7.83. The maximum absolute atomic E-state index is 13.2. The van der Waals surface area contributed by atoms with Gasteiger partial charge in [-0.3, -0.25) is 9.59 Å². The fourth-order valence-electron chi connectivity index (χ4n) is 3.86. The molecule has 2 aromatic carbocycles. The van der Waals surface area contributed by atoms with Crippen LogP contribution in [-0.4, -0.2) is 28.8 Å². The van der Waals surface area contributed by atoms with Gasteiger partial charge < -0.3 is 10.2 Å². The molecule has 0 heterocycles. The SMILES string of the molecule is C[C@@H](C(=O)NC1CCCCC1)N(Cc1cccc(Br)c1)C(=O)Cc1ccccc1. The van der Waals surface area contributed by atoms with Gasteiger partial charge in [0.25, 0.3) is 0 Å². The molecule has 0 radical (unpaired) electrons. The van der Waals surface area contributed by atoms with Crippen molar-refractivity contribution in [2.45, 2.75) is 64.1 Å². The van der Waals surface area contributed by atoms with Gasteiger partial charge in [0.15, 0.2) is 0 Å². The molecule has 4 nitrogen and oxygen atoms in total. The molecule has 1 aliphatic rings. The van der Waals surface area contributed by atoms with Gasteiger partial charge in [-0.25, -0.2) is 0 Å². The molecule has 2 aromatic rings. The summed E-state index contributed by atoms with van der Waals surface area (Å²) >= 11 is 3.49. The third-order valence-corrected chi connectivity index (χ3v) is 6.05. The van der Waals surface area contributed by atoms with E-state index in [1.54, 1.807) is 4.90 Å². The molecule has 0 bridgehead atoms. The van der Waals surface area contributed by atoms with Crippen LogP contribution in [0.4, 0.5) is 0 Å². The lowest BCUT2D eigenvalue weighted by molar-refractivity contribution is -0.140. The van der Waals surface area contributed by atoms with E-state index < -0.39 is 6.04 Å². The van der Waals surface area contributed by atoms with Crippen LogP contribution in [0.5, 0.6) is 0 Å². The van der Waals surface area contributed by atoms with Crippen LogP contribution in [0.25, 0.3) is 0 Å². The van der Waals surface area contributed by atoms with E-state index in [-0.39, 0.29) is 24.3 Å². The van der Waals surface area contributed by atoms with Crippen molar-refractivity contribution in [1.29, 1.82) is 0 Å². The molecule has 1 fully saturated rings. The molecule has 1 saturated carbocycles. The van der Waals surface area contributed by atoms with Gasteiger partial charge in [-0.1, -0.05) is 77.7 Å². The summed E-state index contributed by atoms with van der Waals surface area (Å²) in [6.07, 6.45) is 5.91. The predicted octanol–water partition coefficient (Wildman–Crippen LogP) is 4.86. The number of rotatable bonds is 7. The third kappa shape index (κ3) is 6.43. The zero-order chi connectivity index (χ0) is 20.6.